The second-order valence-electron chi connectivity index (χ2n) is 3.38. The van der Waals surface area contributed by atoms with Gasteiger partial charge < -0.3 is 11.1 Å². The van der Waals surface area contributed by atoms with Gasteiger partial charge >= 0.3 is 0 Å². The fourth-order valence-corrected chi connectivity index (χ4v) is 1.73. The quantitative estimate of drug-likeness (QED) is 0.571. The van der Waals surface area contributed by atoms with Crippen LogP contribution in [0.1, 0.15) is 11.3 Å². The standard InChI is InChI=1S/C8H14N4/c1-5-7-3-6(9)4-10-8(7)12(2)11-5/h6,10H,3-4,9H2,1-2H3/t6-/m0/s1. The molecule has 0 aliphatic carbocycles. The van der Waals surface area contributed by atoms with Crippen molar-refractivity contribution in [1.82, 2.24) is 9.78 Å². The van der Waals surface area contributed by atoms with Gasteiger partial charge in [0.25, 0.3) is 0 Å². The highest BCUT2D eigenvalue weighted by atomic mass is 15.3. The van der Waals surface area contributed by atoms with E-state index in [1.807, 2.05) is 18.7 Å². The molecule has 1 aromatic rings. The summed E-state index contributed by atoms with van der Waals surface area (Å²) in [5.41, 5.74) is 8.20. The van der Waals surface area contributed by atoms with Crippen LogP contribution in [0, 0.1) is 6.92 Å². The minimum Gasteiger partial charge on any atom is -0.368 e. The van der Waals surface area contributed by atoms with Gasteiger partial charge in [-0.25, -0.2) is 0 Å². The molecule has 0 spiro atoms. The summed E-state index contributed by atoms with van der Waals surface area (Å²) in [4.78, 5) is 0. The van der Waals surface area contributed by atoms with Gasteiger partial charge in [-0.3, -0.25) is 4.68 Å². The Morgan fingerprint density at radius 1 is 1.67 bits per heavy atom. The van der Waals surface area contributed by atoms with Crippen LogP contribution >= 0.6 is 0 Å². The zero-order valence-electron chi connectivity index (χ0n) is 7.46. The van der Waals surface area contributed by atoms with E-state index in [0.717, 1.165) is 24.5 Å². The Hall–Kier alpha value is -1.03. The summed E-state index contributed by atoms with van der Waals surface area (Å²) in [6.45, 7) is 2.88. The van der Waals surface area contributed by atoms with Crippen molar-refractivity contribution in [2.75, 3.05) is 11.9 Å². The Balaban J connectivity index is 2.45. The third-order valence-electron chi connectivity index (χ3n) is 2.34. The molecule has 1 aliphatic rings. The number of fused-ring (bicyclic) bond motifs is 1. The minimum absolute atomic E-state index is 0.236. The van der Waals surface area contributed by atoms with Gasteiger partial charge in [-0.2, -0.15) is 5.10 Å². The fraction of sp³-hybridized carbons (Fsp3) is 0.625. The van der Waals surface area contributed by atoms with E-state index in [-0.39, 0.29) is 6.04 Å². The molecule has 0 saturated carbocycles. The van der Waals surface area contributed by atoms with E-state index in [0.29, 0.717) is 0 Å². The van der Waals surface area contributed by atoms with Gasteiger partial charge in [0.15, 0.2) is 0 Å². The molecule has 0 saturated heterocycles. The molecular weight excluding hydrogens is 152 g/mol. The number of aryl methyl sites for hydroxylation is 2. The molecule has 4 nitrogen and oxygen atoms in total. The van der Waals surface area contributed by atoms with Crippen molar-refractivity contribution in [3.8, 4) is 0 Å². The Bertz CT molecular complexity index is 302. The average molecular weight is 166 g/mol. The van der Waals surface area contributed by atoms with Crippen molar-refractivity contribution in [1.29, 1.82) is 0 Å². The van der Waals surface area contributed by atoms with Gasteiger partial charge in [0, 0.05) is 25.2 Å². The van der Waals surface area contributed by atoms with Crippen LogP contribution in [0.2, 0.25) is 0 Å². The van der Waals surface area contributed by atoms with Gasteiger partial charge in [0.05, 0.1) is 5.69 Å². The van der Waals surface area contributed by atoms with E-state index in [1.165, 1.54) is 5.56 Å². The van der Waals surface area contributed by atoms with Crippen LogP contribution in [0.25, 0.3) is 0 Å². The largest absolute Gasteiger partial charge is 0.368 e. The molecular formula is C8H14N4. The Kier molecular flexibility index (Phi) is 1.58. The summed E-state index contributed by atoms with van der Waals surface area (Å²) >= 11 is 0. The molecule has 4 heteroatoms. The van der Waals surface area contributed by atoms with Gasteiger partial charge in [-0.1, -0.05) is 0 Å². The molecule has 0 amide bonds. The van der Waals surface area contributed by atoms with Gasteiger partial charge in [-0.05, 0) is 13.3 Å². The zero-order valence-corrected chi connectivity index (χ0v) is 7.46. The molecule has 0 bridgehead atoms. The van der Waals surface area contributed by atoms with Crippen LogP contribution in [-0.2, 0) is 13.5 Å². The SMILES string of the molecule is Cc1nn(C)c2c1C[C@H](N)CN2. The van der Waals surface area contributed by atoms with Crippen molar-refractivity contribution in [2.45, 2.75) is 19.4 Å². The third-order valence-corrected chi connectivity index (χ3v) is 2.34. The Labute approximate surface area is 71.7 Å². The van der Waals surface area contributed by atoms with Crippen LogP contribution in [0.4, 0.5) is 5.82 Å². The molecule has 1 atom stereocenters. The van der Waals surface area contributed by atoms with Crippen LogP contribution in [0.3, 0.4) is 0 Å². The number of nitrogens with two attached hydrogens (primary N) is 1. The molecule has 2 heterocycles. The summed E-state index contributed by atoms with van der Waals surface area (Å²) in [5.74, 6) is 1.13. The lowest BCUT2D eigenvalue weighted by Gasteiger charge is -2.20. The molecule has 3 N–H and O–H groups in total. The van der Waals surface area contributed by atoms with Crippen LogP contribution in [-0.4, -0.2) is 22.4 Å². The van der Waals surface area contributed by atoms with E-state index >= 15 is 0 Å². The maximum atomic E-state index is 5.83. The molecule has 2 rings (SSSR count). The summed E-state index contributed by atoms with van der Waals surface area (Å²) in [6.07, 6.45) is 0.946. The molecule has 1 aromatic heterocycles. The Morgan fingerprint density at radius 3 is 3.17 bits per heavy atom. The fourth-order valence-electron chi connectivity index (χ4n) is 1.73. The third kappa shape index (κ3) is 0.992. The number of aromatic nitrogens is 2. The van der Waals surface area contributed by atoms with Crippen LogP contribution in [0.5, 0.6) is 0 Å². The lowest BCUT2D eigenvalue weighted by molar-refractivity contribution is 0.666. The molecule has 12 heavy (non-hydrogen) atoms. The predicted molar refractivity (Wildman–Crippen MR) is 48.1 cm³/mol. The monoisotopic (exact) mass is 166 g/mol. The van der Waals surface area contributed by atoms with Crippen molar-refractivity contribution < 1.29 is 0 Å². The molecule has 0 aromatic carbocycles. The summed E-state index contributed by atoms with van der Waals surface area (Å²) < 4.78 is 1.89. The highest BCUT2D eigenvalue weighted by molar-refractivity contribution is 5.50. The van der Waals surface area contributed by atoms with Gasteiger partial charge in [0.2, 0.25) is 0 Å². The average Bonchev–Trinajstić information content (AvgIpc) is 2.28. The zero-order chi connectivity index (χ0) is 8.72. The molecule has 66 valence electrons. The van der Waals surface area contributed by atoms with Gasteiger partial charge in [-0.15, -0.1) is 0 Å². The van der Waals surface area contributed by atoms with Crippen molar-refractivity contribution >= 4 is 5.82 Å². The highest BCUT2D eigenvalue weighted by Gasteiger charge is 2.20. The first-order valence-corrected chi connectivity index (χ1v) is 4.20. The van der Waals surface area contributed by atoms with E-state index in [2.05, 4.69) is 10.4 Å². The lowest BCUT2D eigenvalue weighted by atomic mass is 10.0. The lowest BCUT2D eigenvalue weighted by Crippen LogP contribution is -2.35. The van der Waals surface area contributed by atoms with E-state index in [1.54, 1.807) is 0 Å². The van der Waals surface area contributed by atoms with Crippen molar-refractivity contribution in [3.63, 3.8) is 0 Å². The summed E-state index contributed by atoms with van der Waals surface area (Å²) in [7, 11) is 1.95. The first-order chi connectivity index (χ1) is 5.68. The molecule has 0 radical (unpaired) electrons. The second kappa shape index (κ2) is 2.48. The maximum Gasteiger partial charge on any atom is 0.127 e. The minimum atomic E-state index is 0.236. The van der Waals surface area contributed by atoms with E-state index in [9.17, 15) is 0 Å². The Morgan fingerprint density at radius 2 is 2.42 bits per heavy atom. The van der Waals surface area contributed by atoms with E-state index < -0.39 is 0 Å². The molecule has 0 unspecified atom stereocenters. The topological polar surface area (TPSA) is 55.9 Å². The second-order valence-corrected chi connectivity index (χ2v) is 3.38. The predicted octanol–water partition coefficient (Wildman–Crippen LogP) is 0.0238. The van der Waals surface area contributed by atoms with Crippen LogP contribution < -0.4 is 11.1 Å². The maximum absolute atomic E-state index is 5.83. The van der Waals surface area contributed by atoms with Crippen LogP contribution in [0.15, 0.2) is 0 Å². The summed E-state index contributed by atoms with van der Waals surface area (Å²) in [6, 6.07) is 0.236. The smallest absolute Gasteiger partial charge is 0.127 e. The number of hydrogen-bond donors (Lipinski definition) is 2. The molecule has 1 aliphatic heterocycles. The van der Waals surface area contributed by atoms with Gasteiger partial charge in [0.1, 0.15) is 5.82 Å². The number of nitrogens with zero attached hydrogens (tertiary/aromatic N) is 2. The normalized spacial score (nSPS) is 21.8. The van der Waals surface area contributed by atoms with Crippen molar-refractivity contribution in [2.24, 2.45) is 12.8 Å². The first kappa shape index (κ1) is 7.61. The van der Waals surface area contributed by atoms with E-state index in [4.69, 9.17) is 5.73 Å². The number of rotatable bonds is 0. The number of anilines is 1. The highest BCUT2D eigenvalue weighted by Crippen LogP contribution is 2.23. The first-order valence-electron chi connectivity index (χ1n) is 4.20. The van der Waals surface area contributed by atoms with Crippen molar-refractivity contribution in [3.05, 3.63) is 11.3 Å². The molecule has 0 fully saturated rings. The summed E-state index contributed by atoms with van der Waals surface area (Å²) in [5, 5.41) is 7.60. The number of nitrogens with one attached hydrogen (secondary N) is 1. The number of hydrogen-bond acceptors (Lipinski definition) is 3.